The lowest BCUT2D eigenvalue weighted by molar-refractivity contribution is -0.119. The van der Waals surface area contributed by atoms with E-state index in [-0.39, 0.29) is 34.1 Å². The zero-order valence-electron chi connectivity index (χ0n) is 14.1. The van der Waals surface area contributed by atoms with E-state index >= 15 is 0 Å². The molecule has 1 saturated carbocycles. The van der Waals surface area contributed by atoms with Gasteiger partial charge in [-0.05, 0) is 50.1 Å². The minimum atomic E-state index is -3.99. The molecule has 5 nitrogen and oxygen atoms in total. The SMILES string of the molecule is Cc1ccc(S(=O)(=O)N(CC(=O)NC2CC2)c2cc(Cl)ccc2Cl)cc1. The van der Waals surface area contributed by atoms with Crippen LogP contribution in [0.3, 0.4) is 0 Å². The van der Waals surface area contributed by atoms with Gasteiger partial charge in [-0.25, -0.2) is 8.42 Å². The van der Waals surface area contributed by atoms with E-state index in [9.17, 15) is 13.2 Å². The molecule has 0 aromatic heterocycles. The number of aryl methyl sites for hydroxylation is 1. The second-order valence-corrected chi connectivity index (χ2v) is 8.97. The van der Waals surface area contributed by atoms with Gasteiger partial charge < -0.3 is 5.32 Å². The van der Waals surface area contributed by atoms with E-state index in [4.69, 9.17) is 23.2 Å². The smallest absolute Gasteiger partial charge is 0.264 e. The molecule has 0 atom stereocenters. The van der Waals surface area contributed by atoms with Gasteiger partial charge in [0.05, 0.1) is 15.6 Å². The molecule has 1 aliphatic carbocycles. The molecule has 2 aromatic rings. The molecular formula is C18H18Cl2N2O3S. The number of anilines is 1. The van der Waals surface area contributed by atoms with Gasteiger partial charge in [0.2, 0.25) is 5.91 Å². The van der Waals surface area contributed by atoms with Crippen LogP contribution in [-0.2, 0) is 14.8 Å². The fraction of sp³-hybridized carbons (Fsp3) is 0.278. The summed E-state index contributed by atoms with van der Waals surface area (Å²) in [6.45, 7) is 1.50. The molecule has 1 aliphatic rings. The fourth-order valence-corrected chi connectivity index (χ4v) is 4.31. The normalized spacial score (nSPS) is 14.1. The van der Waals surface area contributed by atoms with E-state index in [0.29, 0.717) is 5.02 Å². The summed E-state index contributed by atoms with van der Waals surface area (Å²) in [6.07, 6.45) is 1.82. The molecule has 3 rings (SSSR count). The van der Waals surface area contributed by atoms with Gasteiger partial charge in [0.25, 0.3) is 10.0 Å². The summed E-state index contributed by atoms with van der Waals surface area (Å²) < 4.78 is 27.4. The van der Waals surface area contributed by atoms with E-state index < -0.39 is 10.0 Å². The largest absolute Gasteiger partial charge is 0.352 e. The molecular weight excluding hydrogens is 395 g/mol. The topological polar surface area (TPSA) is 66.5 Å². The summed E-state index contributed by atoms with van der Waals surface area (Å²) >= 11 is 12.2. The number of nitrogens with zero attached hydrogens (tertiary/aromatic N) is 1. The number of carbonyl (C=O) groups is 1. The van der Waals surface area contributed by atoms with Crippen molar-refractivity contribution < 1.29 is 13.2 Å². The highest BCUT2D eigenvalue weighted by molar-refractivity contribution is 7.92. The number of hydrogen-bond acceptors (Lipinski definition) is 3. The standard InChI is InChI=1S/C18H18Cl2N2O3S/c1-12-2-7-15(8-3-12)26(24,25)22(11-18(23)21-14-5-6-14)17-10-13(19)4-9-16(17)20/h2-4,7-10,14H,5-6,11H2,1H3,(H,21,23). The van der Waals surface area contributed by atoms with Crippen LogP contribution in [0, 0.1) is 6.92 Å². The van der Waals surface area contributed by atoms with Crippen LogP contribution in [0.1, 0.15) is 18.4 Å². The molecule has 1 amide bonds. The zero-order valence-corrected chi connectivity index (χ0v) is 16.4. The van der Waals surface area contributed by atoms with Crippen molar-refractivity contribution in [3.63, 3.8) is 0 Å². The van der Waals surface area contributed by atoms with Gasteiger partial charge in [-0.15, -0.1) is 0 Å². The van der Waals surface area contributed by atoms with Crippen molar-refractivity contribution in [2.24, 2.45) is 0 Å². The van der Waals surface area contributed by atoms with Crippen molar-refractivity contribution in [1.29, 1.82) is 0 Å². The van der Waals surface area contributed by atoms with Crippen LogP contribution in [0.25, 0.3) is 0 Å². The van der Waals surface area contributed by atoms with Crippen molar-refractivity contribution in [1.82, 2.24) is 5.32 Å². The van der Waals surface area contributed by atoms with Crippen molar-refractivity contribution >= 4 is 44.8 Å². The molecule has 1 fully saturated rings. The van der Waals surface area contributed by atoms with Crippen LogP contribution < -0.4 is 9.62 Å². The van der Waals surface area contributed by atoms with E-state index in [2.05, 4.69) is 5.32 Å². The molecule has 0 heterocycles. The number of rotatable bonds is 6. The zero-order chi connectivity index (χ0) is 18.9. The lowest BCUT2D eigenvalue weighted by atomic mass is 10.2. The average Bonchev–Trinajstić information content (AvgIpc) is 3.39. The number of halogens is 2. The van der Waals surface area contributed by atoms with Gasteiger partial charge in [0.1, 0.15) is 6.54 Å². The van der Waals surface area contributed by atoms with Crippen LogP contribution in [0.15, 0.2) is 47.4 Å². The van der Waals surface area contributed by atoms with Crippen molar-refractivity contribution in [3.05, 3.63) is 58.1 Å². The summed E-state index contributed by atoms with van der Waals surface area (Å²) in [7, 11) is -3.99. The maximum atomic E-state index is 13.2. The van der Waals surface area contributed by atoms with Gasteiger partial charge in [-0.1, -0.05) is 40.9 Å². The van der Waals surface area contributed by atoms with Crippen LogP contribution >= 0.6 is 23.2 Å². The second-order valence-electron chi connectivity index (χ2n) is 6.26. The fourth-order valence-electron chi connectivity index (χ4n) is 2.45. The monoisotopic (exact) mass is 412 g/mol. The van der Waals surface area contributed by atoms with E-state index in [0.717, 1.165) is 22.7 Å². The maximum Gasteiger partial charge on any atom is 0.264 e. The molecule has 1 N–H and O–H groups in total. The number of carbonyl (C=O) groups excluding carboxylic acids is 1. The van der Waals surface area contributed by atoms with Gasteiger partial charge in [0, 0.05) is 11.1 Å². The van der Waals surface area contributed by atoms with Gasteiger partial charge in [0.15, 0.2) is 0 Å². The molecule has 8 heteroatoms. The molecule has 0 spiro atoms. The molecule has 26 heavy (non-hydrogen) atoms. The first kappa shape index (κ1) is 19.0. The summed E-state index contributed by atoms with van der Waals surface area (Å²) in [5, 5.41) is 3.33. The minimum absolute atomic E-state index is 0.0818. The predicted octanol–water partition coefficient (Wildman–Crippen LogP) is 3.78. The number of amides is 1. The molecule has 138 valence electrons. The molecule has 2 aromatic carbocycles. The summed E-state index contributed by atoms with van der Waals surface area (Å²) in [5.74, 6) is -0.376. The van der Waals surface area contributed by atoms with Crippen LogP contribution in [-0.4, -0.2) is 26.9 Å². The Labute approximate surface area is 163 Å². The highest BCUT2D eigenvalue weighted by Crippen LogP contribution is 2.33. The molecule has 0 bridgehead atoms. The van der Waals surface area contributed by atoms with Crippen LogP contribution in [0.5, 0.6) is 0 Å². The quantitative estimate of drug-likeness (QED) is 0.784. The van der Waals surface area contributed by atoms with Crippen molar-refractivity contribution in [3.8, 4) is 0 Å². The summed E-state index contributed by atoms with van der Waals surface area (Å²) in [5.41, 5.74) is 1.11. The Balaban J connectivity index is 2.02. The third kappa shape index (κ3) is 4.31. The number of sulfonamides is 1. The number of hydrogen-bond donors (Lipinski definition) is 1. The molecule has 0 radical (unpaired) electrons. The lowest BCUT2D eigenvalue weighted by Crippen LogP contribution is -2.41. The minimum Gasteiger partial charge on any atom is -0.352 e. The molecule has 0 unspecified atom stereocenters. The van der Waals surface area contributed by atoms with Crippen LogP contribution in [0.4, 0.5) is 5.69 Å². The summed E-state index contributed by atoms with van der Waals surface area (Å²) in [6, 6.07) is 11.1. The van der Waals surface area contributed by atoms with E-state index in [1.807, 2.05) is 6.92 Å². The maximum absolute atomic E-state index is 13.2. The van der Waals surface area contributed by atoms with Crippen molar-refractivity contribution in [2.75, 3.05) is 10.8 Å². The number of benzene rings is 2. The van der Waals surface area contributed by atoms with Crippen molar-refractivity contribution in [2.45, 2.75) is 30.7 Å². The Morgan fingerprint density at radius 1 is 1.15 bits per heavy atom. The third-order valence-corrected chi connectivity index (χ3v) is 6.34. The Bertz CT molecular complexity index is 926. The predicted molar refractivity (Wildman–Crippen MR) is 103 cm³/mol. The van der Waals surface area contributed by atoms with Gasteiger partial charge in [-0.3, -0.25) is 9.10 Å². The number of nitrogens with one attached hydrogen (secondary N) is 1. The summed E-state index contributed by atoms with van der Waals surface area (Å²) in [4.78, 5) is 12.4. The highest BCUT2D eigenvalue weighted by Gasteiger charge is 2.31. The van der Waals surface area contributed by atoms with Gasteiger partial charge in [-0.2, -0.15) is 0 Å². The molecule has 0 aliphatic heterocycles. The van der Waals surface area contributed by atoms with Crippen LogP contribution in [0.2, 0.25) is 10.0 Å². The third-order valence-electron chi connectivity index (χ3n) is 4.02. The first-order valence-corrected chi connectivity index (χ1v) is 10.3. The van der Waals surface area contributed by atoms with E-state index in [1.165, 1.54) is 24.3 Å². The highest BCUT2D eigenvalue weighted by atomic mass is 35.5. The average molecular weight is 413 g/mol. The molecule has 0 saturated heterocycles. The Hall–Kier alpha value is -1.76. The Morgan fingerprint density at radius 2 is 1.81 bits per heavy atom. The van der Waals surface area contributed by atoms with E-state index in [1.54, 1.807) is 18.2 Å². The Kier molecular flexibility index (Phi) is 5.46. The lowest BCUT2D eigenvalue weighted by Gasteiger charge is -2.25. The van der Waals surface area contributed by atoms with Gasteiger partial charge >= 0.3 is 0 Å². The second kappa shape index (κ2) is 7.47. The first-order chi connectivity index (χ1) is 12.3. The first-order valence-electron chi connectivity index (χ1n) is 8.11. The Morgan fingerprint density at radius 3 is 2.42 bits per heavy atom.